The monoisotopic (exact) mass is 315 g/mol. The van der Waals surface area contributed by atoms with Gasteiger partial charge in [-0.1, -0.05) is 13.8 Å². The number of hydrogen-bond acceptors (Lipinski definition) is 4. The maximum Gasteiger partial charge on any atom is 0.259 e. The third-order valence-corrected chi connectivity index (χ3v) is 4.16. The molecule has 0 bridgehead atoms. The molecule has 0 N–H and O–H groups in total. The van der Waals surface area contributed by atoms with Crippen LogP contribution in [0.2, 0.25) is 0 Å². The molecule has 0 aliphatic carbocycles. The highest BCUT2D eigenvalue weighted by molar-refractivity contribution is 6.01. The first kappa shape index (κ1) is 15.5. The third-order valence-electron chi connectivity index (χ3n) is 4.16. The Morgan fingerprint density at radius 2 is 1.78 bits per heavy atom. The van der Waals surface area contributed by atoms with Crippen LogP contribution in [-0.2, 0) is 4.79 Å². The van der Waals surface area contributed by atoms with E-state index in [1.165, 1.54) is 0 Å². The zero-order chi connectivity index (χ0) is 16.6. The number of piperazine rings is 1. The predicted octanol–water partition coefficient (Wildman–Crippen LogP) is 0.978. The largest absolute Gasteiger partial charge is 0.339 e. The minimum atomic E-state index is -0.0622. The van der Waals surface area contributed by atoms with Crippen molar-refractivity contribution in [1.82, 2.24) is 24.4 Å². The van der Waals surface area contributed by atoms with Gasteiger partial charge in [0.2, 0.25) is 5.91 Å². The molecule has 0 spiro atoms. The molecular weight excluding hydrogens is 294 g/mol. The average molecular weight is 315 g/mol. The van der Waals surface area contributed by atoms with Crippen LogP contribution >= 0.6 is 0 Å². The molecule has 7 heteroatoms. The van der Waals surface area contributed by atoms with Crippen molar-refractivity contribution in [2.24, 2.45) is 5.92 Å². The first-order chi connectivity index (χ1) is 11.0. The molecule has 1 saturated heterocycles. The summed E-state index contributed by atoms with van der Waals surface area (Å²) in [6, 6.07) is 1.78. The Labute approximate surface area is 134 Å². The average Bonchev–Trinajstić information content (AvgIpc) is 2.89. The van der Waals surface area contributed by atoms with Crippen molar-refractivity contribution >= 4 is 17.5 Å². The maximum absolute atomic E-state index is 12.8. The number of aromatic nitrogens is 3. The highest BCUT2D eigenvalue weighted by Crippen LogP contribution is 2.17. The molecule has 2 amide bonds. The first-order valence-corrected chi connectivity index (χ1v) is 7.87. The van der Waals surface area contributed by atoms with Gasteiger partial charge in [-0.25, -0.2) is 9.50 Å². The van der Waals surface area contributed by atoms with Gasteiger partial charge >= 0.3 is 0 Å². The zero-order valence-corrected chi connectivity index (χ0v) is 13.7. The third kappa shape index (κ3) is 2.78. The molecule has 0 atom stereocenters. The molecule has 0 saturated carbocycles. The number of aryl methyl sites for hydroxylation is 1. The first-order valence-electron chi connectivity index (χ1n) is 7.87. The smallest absolute Gasteiger partial charge is 0.259 e. The second-order valence-electron chi connectivity index (χ2n) is 6.12. The maximum atomic E-state index is 12.8. The van der Waals surface area contributed by atoms with Crippen molar-refractivity contribution in [2.45, 2.75) is 20.8 Å². The van der Waals surface area contributed by atoms with Crippen LogP contribution in [0.3, 0.4) is 0 Å². The normalized spacial score (nSPS) is 15.5. The molecule has 7 nitrogen and oxygen atoms in total. The summed E-state index contributed by atoms with van der Waals surface area (Å²) in [4.78, 5) is 32.7. The van der Waals surface area contributed by atoms with E-state index in [-0.39, 0.29) is 17.7 Å². The molecule has 3 heterocycles. The second kappa shape index (κ2) is 5.98. The van der Waals surface area contributed by atoms with Crippen molar-refractivity contribution < 1.29 is 9.59 Å². The number of amides is 2. The molecule has 2 aromatic rings. The van der Waals surface area contributed by atoms with Gasteiger partial charge in [-0.05, 0) is 13.0 Å². The second-order valence-corrected chi connectivity index (χ2v) is 6.12. The number of fused-ring (bicyclic) bond motifs is 1. The summed E-state index contributed by atoms with van der Waals surface area (Å²) in [7, 11) is 0. The Morgan fingerprint density at radius 3 is 2.43 bits per heavy atom. The Bertz CT molecular complexity index is 744. The van der Waals surface area contributed by atoms with Crippen LogP contribution in [0.25, 0.3) is 5.65 Å². The van der Waals surface area contributed by atoms with E-state index in [4.69, 9.17) is 0 Å². The number of carbonyl (C=O) groups is 2. The fourth-order valence-corrected chi connectivity index (χ4v) is 2.90. The zero-order valence-electron chi connectivity index (χ0n) is 13.7. The summed E-state index contributed by atoms with van der Waals surface area (Å²) in [5, 5.41) is 4.34. The summed E-state index contributed by atoms with van der Waals surface area (Å²) >= 11 is 0. The molecule has 0 radical (unpaired) electrons. The lowest BCUT2D eigenvalue weighted by Crippen LogP contribution is -2.51. The van der Waals surface area contributed by atoms with Gasteiger partial charge < -0.3 is 9.80 Å². The number of hydrogen-bond donors (Lipinski definition) is 0. The van der Waals surface area contributed by atoms with Crippen molar-refractivity contribution in [2.75, 3.05) is 26.2 Å². The van der Waals surface area contributed by atoms with Crippen molar-refractivity contribution in [3.8, 4) is 0 Å². The van der Waals surface area contributed by atoms with Gasteiger partial charge in [0, 0.05) is 44.5 Å². The van der Waals surface area contributed by atoms with Crippen LogP contribution in [0.5, 0.6) is 0 Å². The topological polar surface area (TPSA) is 70.8 Å². The molecule has 1 aliphatic rings. The molecule has 23 heavy (non-hydrogen) atoms. The molecule has 122 valence electrons. The van der Waals surface area contributed by atoms with Gasteiger partial charge in [-0.3, -0.25) is 9.59 Å². The molecule has 0 aromatic carbocycles. The van der Waals surface area contributed by atoms with Crippen LogP contribution in [0.1, 0.15) is 29.9 Å². The van der Waals surface area contributed by atoms with Crippen LogP contribution in [0.15, 0.2) is 18.5 Å². The minimum Gasteiger partial charge on any atom is -0.339 e. The van der Waals surface area contributed by atoms with Gasteiger partial charge in [0.25, 0.3) is 5.91 Å². The number of rotatable bonds is 2. The summed E-state index contributed by atoms with van der Waals surface area (Å²) < 4.78 is 1.63. The van der Waals surface area contributed by atoms with E-state index in [1.807, 2.05) is 25.7 Å². The van der Waals surface area contributed by atoms with Gasteiger partial charge in [0.1, 0.15) is 5.56 Å². The van der Waals surface area contributed by atoms with Gasteiger partial charge in [-0.2, -0.15) is 5.10 Å². The van der Waals surface area contributed by atoms with Gasteiger partial charge in [0.15, 0.2) is 5.65 Å². The van der Waals surface area contributed by atoms with Crippen molar-refractivity contribution in [3.05, 3.63) is 29.7 Å². The van der Waals surface area contributed by atoms with E-state index in [0.29, 0.717) is 43.1 Å². The molecule has 0 unspecified atom stereocenters. The highest BCUT2D eigenvalue weighted by Gasteiger charge is 2.28. The predicted molar refractivity (Wildman–Crippen MR) is 85.0 cm³/mol. The Kier molecular flexibility index (Phi) is 4.02. The number of nitrogens with zero attached hydrogens (tertiary/aromatic N) is 5. The highest BCUT2D eigenvalue weighted by atomic mass is 16.2. The van der Waals surface area contributed by atoms with E-state index >= 15 is 0 Å². The SMILES string of the molecule is Cc1nn2cccnc2c1C(=O)N1CCN(C(=O)C(C)C)CC1. The summed E-state index contributed by atoms with van der Waals surface area (Å²) in [6.45, 7) is 7.85. The van der Waals surface area contributed by atoms with E-state index < -0.39 is 0 Å². The summed E-state index contributed by atoms with van der Waals surface area (Å²) in [5.74, 6) is 0.0714. The van der Waals surface area contributed by atoms with E-state index in [1.54, 1.807) is 27.9 Å². The Hall–Kier alpha value is -2.44. The number of carbonyl (C=O) groups excluding carboxylic acids is 2. The van der Waals surface area contributed by atoms with Gasteiger partial charge in [-0.15, -0.1) is 0 Å². The lowest BCUT2D eigenvalue weighted by molar-refractivity contribution is -0.135. The minimum absolute atomic E-state index is 0.0108. The standard InChI is InChI=1S/C16H21N5O2/c1-11(2)15(22)19-7-9-20(10-8-19)16(23)13-12(3)18-21-6-4-5-17-14(13)21/h4-6,11H,7-10H2,1-3H3. The quantitative estimate of drug-likeness (QED) is 0.828. The molecule has 2 aromatic heterocycles. The fourth-order valence-electron chi connectivity index (χ4n) is 2.90. The summed E-state index contributed by atoms with van der Waals surface area (Å²) in [5.41, 5.74) is 1.80. The van der Waals surface area contributed by atoms with Gasteiger partial charge in [0.05, 0.1) is 5.69 Å². The summed E-state index contributed by atoms with van der Waals surface area (Å²) in [6.07, 6.45) is 3.44. The van der Waals surface area contributed by atoms with Crippen LogP contribution < -0.4 is 0 Å². The Balaban J connectivity index is 1.77. The molecular formula is C16H21N5O2. The van der Waals surface area contributed by atoms with Crippen LogP contribution in [0.4, 0.5) is 0 Å². The van der Waals surface area contributed by atoms with Crippen molar-refractivity contribution in [3.63, 3.8) is 0 Å². The van der Waals surface area contributed by atoms with Crippen LogP contribution in [0, 0.1) is 12.8 Å². The molecule has 1 fully saturated rings. The lowest BCUT2D eigenvalue weighted by Gasteiger charge is -2.35. The van der Waals surface area contributed by atoms with Crippen molar-refractivity contribution in [1.29, 1.82) is 0 Å². The fraction of sp³-hybridized carbons (Fsp3) is 0.500. The Morgan fingerprint density at radius 1 is 1.13 bits per heavy atom. The van der Waals surface area contributed by atoms with E-state index in [9.17, 15) is 9.59 Å². The van der Waals surface area contributed by atoms with E-state index in [2.05, 4.69) is 10.1 Å². The lowest BCUT2D eigenvalue weighted by atomic mass is 10.1. The van der Waals surface area contributed by atoms with E-state index in [0.717, 1.165) is 0 Å². The van der Waals surface area contributed by atoms with Crippen LogP contribution in [-0.4, -0.2) is 62.4 Å². The molecule has 3 rings (SSSR count). The molecule has 1 aliphatic heterocycles.